The Morgan fingerprint density at radius 2 is 0.607 bits per heavy atom. The molecule has 9 rings (SSSR count). The molecule has 6 amide bonds. The van der Waals surface area contributed by atoms with Gasteiger partial charge in [0.25, 0.3) is 0 Å². The number of ether oxygens (including phenoxy) is 6. The van der Waals surface area contributed by atoms with Gasteiger partial charge in [-0.1, -0.05) is 106 Å². The SMILES string of the molecule is CN1Cc2c(Cl)cc(Cl)cc2[C@H](c2cccc(S(=O)(=O)NCCOCCOCCNC(=O)NCCN(CCNC(=O)NCCOCCOCCNS(=O)(=O)c3cccc([C@@H]4CN(C)Cc5c(Cl)cc(Cl)cc54)c3)CCNC(=O)NCCOCCOCCNS(=O)(=O)c3cccc([C@@H]4CN(C)Cc5c(Cl)cc(Cl)cc54)c3)c2)C1. The molecule has 0 fully saturated rings. The van der Waals surface area contributed by atoms with Gasteiger partial charge in [-0.15, -0.1) is 0 Å². The molecule has 3 aliphatic rings. The van der Waals surface area contributed by atoms with Crippen LogP contribution in [0.5, 0.6) is 0 Å². The van der Waals surface area contributed by atoms with Crippen LogP contribution in [-0.2, 0) is 78.1 Å². The van der Waals surface area contributed by atoms with Crippen molar-refractivity contribution in [3.8, 4) is 0 Å². The highest BCUT2D eigenvalue weighted by atomic mass is 35.5. The van der Waals surface area contributed by atoms with Crippen molar-refractivity contribution in [3.05, 3.63) is 189 Å². The van der Waals surface area contributed by atoms with Gasteiger partial charge in [0.05, 0.1) is 94.0 Å². The van der Waals surface area contributed by atoms with E-state index in [0.29, 0.717) is 89.0 Å². The summed E-state index contributed by atoms with van der Waals surface area (Å²) < 4.78 is 121. The van der Waals surface area contributed by atoms with Gasteiger partial charge in [-0.05, 0) is 144 Å². The van der Waals surface area contributed by atoms with Gasteiger partial charge in [0.15, 0.2) is 0 Å². The molecule has 0 saturated carbocycles. The average Bonchev–Trinajstić information content (AvgIpc) is 0.783. The number of halogens is 6. The number of nitrogens with one attached hydrogen (secondary N) is 9. The molecule has 6 aromatic rings. The Balaban J connectivity index is 0.627. The van der Waals surface area contributed by atoms with Crippen molar-refractivity contribution < 1.29 is 68.1 Å². The number of amides is 6. The number of hydrogen-bond acceptors (Lipinski definition) is 19. The lowest BCUT2D eigenvalue weighted by atomic mass is 9.85. The zero-order valence-corrected chi connectivity index (χ0v) is 69.7. The van der Waals surface area contributed by atoms with E-state index in [2.05, 4.69) is 60.8 Å². The monoisotopic (exact) mass is 1730 g/mol. The highest BCUT2D eigenvalue weighted by Crippen LogP contribution is 2.42. The minimum absolute atomic E-state index is 0.0304. The Bertz CT molecular complexity index is 4040. The number of benzene rings is 6. The molecular formula is C75H99Cl6N13O15S3. The topological polar surface area (TPSA) is 330 Å². The van der Waals surface area contributed by atoms with E-state index >= 15 is 0 Å². The van der Waals surface area contributed by atoms with Crippen molar-refractivity contribution in [3.63, 3.8) is 0 Å². The third-order valence-corrected chi connectivity index (χ3v) is 24.7. The van der Waals surface area contributed by atoms with Crippen molar-refractivity contribution in [1.82, 2.24) is 65.7 Å². The van der Waals surface area contributed by atoms with Gasteiger partial charge < -0.3 is 75.0 Å². The third-order valence-electron chi connectivity index (χ3n) is 18.7. The number of fused-ring (bicyclic) bond motifs is 3. The maximum absolute atomic E-state index is 13.3. The van der Waals surface area contributed by atoms with E-state index in [1.807, 2.05) is 62.4 Å². The van der Waals surface area contributed by atoms with Gasteiger partial charge in [0.1, 0.15) is 0 Å². The quantitative estimate of drug-likeness (QED) is 0.0164. The van der Waals surface area contributed by atoms with E-state index in [1.54, 1.807) is 72.8 Å². The van der Waals surface area contributed by atoms with Crippen LogP contribution < -0.4 is 46.1 Å². The summed E-state index contributed by atoms with van der Waals surface area (Å²) in [6.45, 7) is 8.28. The largest absolute Gasteiger partial charge is 0.378 e. The molecule has 112 heavy (non-hydrogen) atoms. The maximum Gasteiger partial charge on any atom is 0.314 e. The second kappa shape index (κ2) is 45.1. The van der Waals surface area contributed by atoms with E-state index in [9.17, 15) is 39.6 Å². The lowest BCUT2D eigenvalue weighted by Crippen LogP contribution is -2.47. The molecule has 0 saturated heterocycles. The first-order valence-corrected chi connectivity index (χ1v) is 43.5. The predicted octanol–water partition coefficient (Wildman–Crippen LogP) is 7.87. The molecular weight excluding hydrogens is 1630 g/mol. The summed E-state index contributed by atoms with van der Waals surface area (Å²) >= 11 is 38.8. The first-order valence-electron chi connectivity index (χ1n) is 36.8. The third kappa shape index (κ3) is 28.3. The zero-order chi connectivity index (χ0) is 80.2. The van der Waals surface area contributed by atoms with Crippen LogP contribution in [0.1, 0.15) is 67.8 Å². The van der Waals surface area contributed by atoms with Crippen molar-refractivity contribution in [2.75, 3.05) is 199 Å². The van der Waals surface area contributed by atoms with Gasteiger partial charge in [0.2, 0.25) is 30.1 Å². The van der Waals surface area contributed by atoms with Crippen LogP contribution in [-0.4, -0.2) is 262 Å². The molecule has 0 aliphatic carbocycles. The Kier molecular flexibility index (Phi) is 36.3. The molecule has 0 unspecified atom stereocenters. The molecule has 3 heterocycles. The van der Waals surface area contributed by atoms with Crippen LogP contribution in [0.25, 0.3) is 0 Å². The average molecular weight is 1730 g/mol. The Morgan fingerprint density at radius 3 is 0.875 bits per heavy atom. The van der Waals surface area contributed by atoms with Crippen LogP contribution in [0.4, 0.5) is 14.4 Å². The number of carbonyl (C=O) groups excluding carboxylic acids is 3. The second-order valence-corrected chi connectivity index (χ2v) is 34.9. The molecule has 614 valence electrons. The number of urea groups is 3. The molecule has 0 spiro atoms. The number of nitrogens with zero attached hydrogens (tertiary/aromatic N) is 4. The summed E-state index contributed by atoms with van der Waals surface area (Å²) in [5.41, 5.74) is 8.28. The van der Waals surface area contributed by atoms with Crippen LogP contribution >= 0.6 is 69.6 Å². The molecule has 0 aromatic heterocycles. The number of likely N-dealkylation sites (N-methyl/N-ethyl adjacent to an activating group) is 3. The standard InChI is InChI=1S/C75H99Cl6N13O15S3/c1-91-46-64(61-40-55(76)43-70(79)67(61)49-91)52-7-4-10-58(37-52)110(98,99)88-19-28-107-34-31-104-25-16-85-73(95)82-13-22-94(23-14-83-74(96)86-17-26-105-32-35-108-29-20-89-111(100,101)59-11-5-8-53(38-59)65-47-92(2)50-68-62(65)41-56(77)44-71(68)80)24-15-84-75(97)87-18-27-106-33-36-109-30-21-90-112(102,103)60-12-6-9-54(39-60)66-48-93(3)51-69-63(66)42-57(78)45-72(69)81/h4-12,37-45,64-66,88-90H,13-36,46-51H2,1-3H3,(H2,82,85,95)(H2,83,86,96)(H2,84,87,97)/t64-,65-,66-/m0/s1. The van der Waals surface area contributed by atoms with Gasteiger partial charge in [-0.25, -0.2) is 53.8 Å². The predicted molar refractivity (Wildman–Crippen MR) is 434 cm³/mol. The lowest BCUT2D eigenvalue weighted by Gasteiger charge is -2.33. The van der Waals surface area contributed by atoms with E-state index in [1.165, 1.54) is 0 Å². The smallest absolute Gasteiger partial charge is 0.314 e. The van der Waals surface area contributed by atoms with Gasteiger partial charge >= 0.3 is 18.1 Å². The zero-order valence-electron chi connectivity index (χ0n) is 62.7. The van der Waals surface area contributed by atoms with Crippen molar-refractivity contribution >= 4 is 118 Å². The van der Waals surface area contributed by atoms with Crippen LogP contribution in [0.15, 0.2) is 124 Å². The summed E-state index contributed by atoms with van der Waals surface area (Å²) in [4.78, 5) is 47.1. The molecule has 28 nitrogen and oxygen atoms in total. The lowest BCUT2D eigenvalue weighted by molar-refractivity contribution is 0.0516. The molecule has 6 aromatic carbocycles. The van der Waals surface area contributed by atoms with Crippen LogP contribution in [0, 0.1) is 0 Å². The summed E-state index contributed by atoms with van der Waals surface area (Å²) in [6, 6.07) is 30.0. The molecule has 37 heteroatoms. The fourth-order valence-electron chi connectivity index (χ4n) is 13.3. The Labute approximate surface area is 686 Å². The highest BCUT2D eigenvalue weighted by molar-refractivity contribution is 7.90. The van der Waals surface area contributed by atoms with Crippen molar-refractivity contribution in [2.45, 2.75) is 52.1 Å². The maximum atomic E-state index is 13.3. The fourth-order valence-corrected chi connectivity index (χ4v) is 18.2. The normalized spacial score (nSPS) is 16.2. The van der Waals surface area contributed by atoms with E-state index < -0.39 is 48.2 Å². The first-order chi connectivity index (χ1) is 53.7. The van der Waals surface area contributed by atoms with E-state index in [0.717, 1.165) is 50.1 Å². The molecule has 3 aliphatic heterocycles. The van der Waals surface area contributed by atoms with Crippen molar-refractivity contribution in [1.29, 1.82) is 0 Å². The number of sulfonamides is 3. The fraction of sp³-hybridized carbons (Fsp3) is 0.480. The Hall–Kier alpha value is -5.80. The van der Waals surface area contributed by atoms with Gasteiger partial charge in [-0.3, -0.25) is 4.90 Å². The molecule has 9 N–H and O–H groups in total. The number of rotatable bonds is 45. The minimum atomic E-state index is -3.86. The molecule has 0 bridgehead atoms. The Morgan fingerprint density at radius 1 is 0.357 bits per heavy atom. The van der Waals surface area contributed by atoms with Crippen molar-refractivity contribution in [2.24, 2.45) is 0 Å². The van der Waals surface area contributed by atoms with Gasteiger partial charge in [-0.2, -0.15) is 0 Å². The molecule has 0 radical (unpaired) electrons. The second-order valence-electron chi connectivity index (χ2n) is 27.1. The summed E-state index contributed by atoms with van der Waals surface area (Å²) in [6.07, 6.45) is 0. The van der Waals surface area contributed by atoms with Gasteiger partial charge in [0, 0.05) is 166 Å². The van der Waals surface area contributed by atoms with E-state index in [-0.39, 0.29) is 171 Å². The van der Waals surface area contributed by atoms with E-state index in [4.69, 9.17) is 98.0 Å². The highest BCUT2D eigenvalue weighted by Gasteiger charge is 2.32. The summed E-state index contributed by atoms with van der Waals surface area (Å²) in [5, 5.41) is 19.9. The number of carbonyl (C=O) groups is 3. The van der Waals surface area contributed by atoms with Crippen LogP contribution in [0.3, 0.4) is 0 Å². The van der Waals surface area contributed by atoms with Crippen LogP contribution in [0.2, 0.25) is 30.1 Å². The first kappa shape index (κ1) is 90.1. The number of hydrogen-bond donors (Lipinski definition) is 9. The summed E-state index contributed by atoms with van der Waals surface area (Å²) in [7, 11) is -5.62. The summed E-state index contributed by atoms with van der Waals surface area (Å²) in [5.74, 6) is -0.396. The minimum Gasteiger partial charge on any atom is -0.378 e. The molecule has 3 atom stereocenters.